The van der Waals surface area contributed by atoms with Gasteiger partial charge in [0.2, 0.25) is 11.9 Å². The summed E-state index contributed by atoms with van der Waals surface area (Å²) in [6, 6.07) is 3.28. The van der Waals surface area contributed by atoms with Gasteiger partial charge in [-0.2, -0.15) is 5.26 Å². The van der Waals surface area contributed by atoms with Crippen molar-refractivity contribution in [3.8, 4) is 6.07 Å². The number of rotatable bonds is 2. The monoisotopic (exact) mass is 260 g/mol. The van der Waals surface area contributed by atoms with Crippen LogP contribution in [0.5, 0.6) is 0 Å². The Balaban J connectivity index is 2.35. The molecule has 19 heavy (non-hydrogen) atoms. The highest BCUT2D eigenvalue weighted by Crippen LogP contribution is 2.15. The van der Waals surface area contributed by atoms with Crippen molar-refractivity contribution in [1.29, 1.82) is 5.26 Å². The van der Waals surface area contributed by atoms with E-state index in [0.717, 1.165) is 12.2 Å². The lowest BCUT2D eigenvalue weighted by molar-refractivity contribution is -0.122. The fraction of sp³-hybridized carbons (Fsp3) is 0.500. The van der Waals surface area contributed by atoms with E-state index >= 15 is 0 Å². The number of carbonyl (C=O) groups excluding carboxylic acids is 1. The Bertz CT molecular complexity index is 523. The minimum Gasteiger partial charge on any atom is -0.357 e. The number of nitrogens with one attached hydrogen (secondary N) is 2. The summed E-state index contributed by atoms with van der Waals surface area (Å²) < 4.78 is 0. The predicted octanol–water partition coefficient (Wildman–Crippen LogP) is -0.819. The Kier molecular flexibility index (Phi) is 3.92. The van der Waals surface area contributed by atoms with Crippen LogP contribution >= 0.6 is 0 Å². The number of amides is 1. The van der Waals surface area contributed by atoms with Crippen molar-refractivity contribution in [1.82, 2.24) is 20.6 Å². The quantitative estimate of drug-likeness (QED) is 0.721. The van der Waals surface area contributed by atoms with Gasteiger partial charge >= 0.3 is 0 Å². The maximum Gasteiger partial charge on any atom is 0.243 e. The molecule has 1 fully saturated rings. The van der Waals surface area contributed by atoms with Crippen molar-refractivity contribution < 1.29 is 4.79 Å². The van der Waals surface area contributed by atoms with E-state index in [1.165, 1.54) is 0 Å². The summed E-state index contributed by atoms with van der Waals surface area (Å²) >= 11 is 0. The third-order valence-electron chi connectivity index (χ3n) is 3.01. The van der Waals surface area contributed by atoms with Crippen molar-refractivity contribution in [2.45, 2.75) is 13.0 Å². The van der Waals surface area contributed by atoms with Gasteiger partial charge in [0.25, 0.3) is 0 Å². The lowest BCUT2D eigenvalue weighted by Crippen LogP contribution is -2.58. The molecular formula is C12H16N6O. The van der Waals surface area contributed by atoms with Crippen LogP contribution in [0.4, 0.5) is 5.95 Å². The maximum atomic E-state index is 11.9. The molecule has 2 rings (SSSR count). The van der Waals surface area contributed by atoms with Gasteiger partial charge in [-0.15, -0.1) is 0 Å². The second kappa shape index (κ2) is 5.63. The molecule has 1 atom stereocenters. The third kappa shape index (κ3) is 2.80. The average Bonchev–Trinajstić information content (AvgIpc) is 2.45. The molecule has 1 aliphatic heterocycles. The molecule has 0 saturated carbocycles. The van der Waals surface area contributed by atoms with Crippen LogP contribution in [0.25, 0.3) is 0 Å². The Morgan fingerprint density at radius 1 is 1.63 bits per heavy atom. The minimum atomic E-state index is -0.355. The number of nitriles is 1. The van der Waals surface area contributed by atoms with E-state index in [1.807, 2.05) is 17.9 Å². The topological polar surface area (TPSA) is 93.9 Å². The fourth-order valence-electron chi connectivity index (χ4n) is 2.08. The Labute approximate surface area is 111 Å². The second-order valence-electron chi connectivity index (χ2n) is 4.33. The van der Waals surface area contributed by atoms with Crippen LogP contribution in [-0.4, -0.2) is 48.6 Å². The van der Waals surface area contributed by atoms with Crippen LogP contribution in [0.15, 0.2) is 6.07 Å². The predicted molar refractivity (Wildman–Crippen MR) is 69.6 cm³/mol. The van der Waals surface area contributed by atoms with E-state index in [9.17, 15) is 4.79 Å². The van der Waals surface area contributed by atoms with Crippen LogP contribution in [0.2, 0.25) is 0 Å². The first-order chi connectivity index (χ1) is 9.15. The molecule has 0 spiro atoms. The highest BCUT2D eigenvalue weighted by atomic mass is 16.2. The molecule has 1 aromatic rings. The van der Waals surface area contributed by atoms with Gasteiger partial charge in [0, 0.05) is 32.4 Å². The summed E-state index contributed by atoms with van der Waals surface area (Å²) in [6.45, 7) is 3.74. The normalized spacial score (nSPS) is 18.8. The number of anilines is 1. The van der Waals surface area contributed by atoms with Gasteiger partial charge in [-0.1, -0.05) is 0 Å². The summed E-state index contributed by atoms with van der Waals surface area (Å²) in [4.78, 5) is 22.2. The maximum absolute atomic E-state index is 11.9. The lowest BCUT2D eigenvalue weighted by atomic mass is 10.2. The van der Waals surface area contributed by atoms with E-state index in [0.29, 0.717) is 24.7 Å². The molecule has 0 radical (unpaired) electrons. The molecule has 7 heteroatoms. The summed E-state index contributed by atoms with van der Waals surface area (Å²) in [5.74, 6) is 0.350. The third-order valence-corrected chi connectivity index (χ3v) is 3.01. The lowest BCUT2D eigenvalue weighted by Gasteiger charge is -2.34. The van der Waals surface area contributed by atoms with Gasteiger partial charge in [-0.3, -0.25) is 4.79 Å². The van der Waals surface area contributed by atoms with Crippen molar-refractivity contribution >= 4 is 11.9 Å². The molecule has 1 aromatic heterocycles. The van der Waals surface area contributed by atoms with Gasteiger partial charge in [-0.05, 0) is 13.0 Å². The van der Waals surface area contributed by atoms with Gasteiger partial charge in [0.15, 0.2) is 0 Å². The van der Waals surface area contributed by atoms with E-state index < -0.39 is 0 Å². The van der Waals surface area contributed by atoms with Gasteiger partial charge in [0.1, 0.15) is 17.8 Å². The van der Waals surface area contributed by atoms with E-state index in [4.69, 9.17) is 5.26 Å². The first-order valence-corrected chi connectivity index (χ1v) is 6.10. The van der Waals surface area contributed by atoms with Crippen molar-refractivity contribution in [2.75, 3.05) is 31.6 Å². The number of aryl methyl sites for hydroxylation is 1. The van der Waals surface area contributed by atoms with E-state index in [2.05, 4.69) is 20.6 Å². The van der Waals surface area contributed by atoms with Crippen LogP contribution < -0.4 is 15.5 Å². The van der Waals surface area contributed by atoms with E-state index in [1.54, 1.807) is 13.1 Å². The summed E-state index contributed by atoms with van der Waals surface area (Å²) in [5.41, 5.74) is 1.03. The van der Waals surface area contributed by atoms with Crippen molar-refractivity contribution in [2.24, 2.45) is 0 Å². The van der Waals surface area contributed by atoms with Crippen LogP contribution in [0.1, 0.15) is 11.4 Å². The van der Waals surface area contributed by atoms with Crippen LogP contribution in [0, 0.1) is 18.3 Å². The molecule has 2 heterocycles. The molecule has 1 amide bonds. The Morgan fingerprint density at radius 3 is 3.11 bits per heavy atom. The minimum absolute atomic E-state index is 0.0872. The molecule has 1 aliphatic rings. The first-order valence-electron chi connectivity index (χ1n) is 6.10. The first kappa shape index (κ1) is 13.2. The largest absolute Gasteiger partial charge is 0.357 e. The fourth-order valence-corrected chi connectivity index (χ4v) is 2.08. The molecule has 100 valence electrons. The molecule has 0 aromatic carbocycles. The number of hydrogen-bond donors (Lipinski definition) is 2. The highest BCUT2D eigenvalue weighted by molar-refractivity contribution is 5.85. The number of likely N-dealkylation sites (N-methyl/N-ethyl adjacent to an activating group) is 1. The van der Waals surface area contributed by atoms with Crippen LogP contribution in [-0.2, 0) is 4.79 Å². The molecule has 0 bridgehead atoms. The molecule has 2 N–H and O–H groups in total. The summed E-state index contributed by atoms with van der Waals surface area (Å²) in [6.07, 6.45) is 0. The number of carbonyl (C=O) groups is 1. The van der Waals surface area contributed by atoms with Gasteiger partial charge in [-0.25, -0.2) is 9.97 Å². The summed E-state index contributed by atoms with van der Waals surface area (Å²) in [7, 11) is 1.60. The Morgan fingerprint density at radius 2 is 2.42 bits per heavy atom. The Hall–Kier alpha value is -2.20. The number of piperazine rings is 1. The van der Waals surface area contributed by atoms with Crippen LogP contribution in [0.3, 0.4) is 0 Å². The highest BCUT2D eigenvalue weighted by Gasteiger charge is 2.30. The molecular weight excluding hydrogens is 244 g/mol. The van der Waals surface area contributed by atoms with Crippen molar-refractivity contribution in [3.63, 3.8) is 0 Å². The average molecular weight is 260 g/mol. The number of aromatic nitrogens is 2. The zero-order valence-electron chi connectivity index (χ0n) is 11.0. The van der Waals surface area contributed by atoms with Gasteiger partial charge < -0.3 is 15.5 Å². The number of hydrogen-bond acceptors (Lipinski definition) is 6. The van der Waals surface area contributed by atoms with E-state index in [-0.39, 0.29) is 11.9 Å². The smallest absolute Gasteiger partial charge is 0.243 e. The zero-order chi connectivity index (χ0) is 13.8. The second-order valence-corrected chi connectivity index (χ2v) is 4.33. The standard InChI is InChI=1S/C12H16N6O/c1-8-5-9(6-13)17-12(16-8)18-4-3-15-7-10(18)11(19)14-2/h5,10,15H,3-4,7H2,1-2H3,(H,14,19). The number of nitrogens with zero attached hydrogens (tertiary/aromatic N) is 4. The summed E-state index contributed by atoms with van der Waals surface area (Å²) in [5, 5.41) is 14.8. The van der Waals surface area contributed by atoms with Crippen molar-refractivity contribution in [3.05, 3.63) is 17.5 Å². The molecule has 7 nitrogen and oxygen atoms in total. The molecule has 0 aliphatic carbocycles. The molecule has 1 saturated heterocycles. The zero-order valence-corrected chi connectivity index (χ0v) is 11.0. The van der Waals surface area contributed by atoms with Gasteiger partial charge in [0.05, 0.1) is 0 Å². The molecule has 1 unspecified atom stereocenters. The SMILES string of the molecule is CNC(=O)C1CNCCN1c1nc(C)cc(C#N)n1.